The maximum atomic E-state index is 13.0. The maximum Gasteiger partial charge on any atom is 0.343 e. The number of ether oxygens (including phenoxy) is 2. The van der Waals surface area contributed by atoms with Gasteiger partial charge in [0, 0.05) is 22.1 Å². The molecule has 0 spiro atoms. The van der Waals surface area contributed by atoms with Crippen LogP contribution in [0.1, 0.15) is 5.56 Å². The van der Waals surface area contributed by atoms with E-state index in [1.165, 1.54) is 20.3 Å². The summed E-state index contributed by atoms with van der Waals surface area (Å²) in [7, 11) is -1.36. The van der Waals surface area contributed by atoms with Gasteiger partial charge in [-0.2, -0.15) is 8.42 Å². The first-order chi connectivity index (χ1) is 12.8. The molecule has 0 bridgehead atoms. The smallest absolute Gasteiger partial charge is 0.343 e. The van der Waals surface area contributed by atoms with Gasteiger partial charge < -0.3 is 13.7 Å². The van der Waals surface area contributed by atoms with Gasteiger partial charge in [-0.15, -0.1) is 0 Å². The van der Waals surface area contributed by atoms with Crippen LogP contribution in [0, 0.1) is 6.92 Å². The summed E-state index contributed by atoms with van der Waals surface area (Å²) in [5.74, 6) is 0.671. The zero-order valence-electron chi connectivity index (χ0n) is 14.6. The van der Waals surface area contributed by atoms with Crippen molar-refractivity contribution in [2.45, 2.75) is 11.8 Å². The lowest BCUT2D eigenvalue weighted by molar-refractivity contribution is 0.386. The number of pyridine rings is 1. The summed E-state index contributed by atoms with van der Waals surface area (Å²) in [4.78, 5) is 4.13. The minimum absolute atomic E-state index is 0.0930. The topological polar surface area (TPSA) is 74.7 Å². The van der Waals surface area contributed by atoms with Gasteiger partial charge in [0.25, 0.3) is 0 Å². The fourth-order valence-electron chi connectivity index (χ4n) is 2.60. The molecule has 0 saturated heterocycles. The second-order valence-corrected chi connectivity index (χ2v) is 8.80. The monoisotopic (exact) mass is 515 g/mol. The largest absolute Gasteiger partial charge is 0.496 e. The lowest BCUT2D eigenvalue weighted by Gasteiger charge is -2.15. The van der Waals surface area contributed by atoms with Gasteiger partial charge >= 0.3 is 10.1 Å². The Morgan fingerprint density at radius 1 is 1.00 bits per heavy atom. The number of nitrogens with zero attached hydrogens (tertiary/aromatic N) is 1. The van der Waals surface area contributed by atoms with Gasteiger partial charge in [0.05, 0.1) is 18.7 Å². The van der Waals surface area contributed by atoms with Crippen molar-refractivity contribution in [2.75, 3.05) is 14.2 Å². The molecule has 1 aromatic heterocycles. The van der Waals surface area contributed by atoms with Crippen LogP contribution >= 0.6 is 31.9 Å². The molecule has 0 atom stereocenters. The first-order valence-electron chi connectivity index (χ1n) is 7.68. The number of fused-ring (bicyclic) bond motifs is 1. The van der Waals surface area contributed by atoms with E-state index < -0.39 is 10.1 Å². The Kier molecular flexibility index (Phi) is 5.64. The number of benzene rings is 2. The average Bonchev–Trinajstić information content (AvgIpc) is 2.64. The number of methoxy groups -OCH3 is 2. The molecule has 0 amide bonds. The minimum atomic E-state index is -4.22. The molecule has 27 heavy (non-hydrogen) atoms. The molecule has 0 unspecified atom stereocenters. The molecule has 0 aliphatic heterocycles. The fourth-order valence-corrected chi connectivity index (χ4v) is 5.18. The predicted molar refractivity (Wildman–Crippen MR) is 109 cm³/mol. The molecule has 6 nitrogen and oxygen atoms in total. The van der Waals surface area contributed by atoms with Crippen molar-refractivity contribution in [2.24, 2.45) is 0 Å². The molecule has 0 N–H and O–H groups in total. The average molecular weight is 517 g/mol. The fraction of sp³-hybridized carbons (Fsp3) is 0.167. The molecule has 0 fully saturated rings. The van der Waals surface area contributed by atoms with Crippen LogP contribution in [0.2, 0.25) is 0 Å². The molecular weight excluding hydrogens is 502 g/mol. The Morgan fingerprint density at radius 2 is 1.70 bits per heavy atom. The molecule has 2 aromatic carbocycles. The maximum absolute atomic E-state index is 13.0. The second kappa shape index (κ2) is 7.65. The van der Waals surface area contributed by atoms with Crippen molar-refractivity contribution in [3.8, 4) is 17.2 Å². The first-order valence-corrected chi connectivity index (χ1v) is 10.7. The standard InChI is InChI=1S/C18H15Br2NO5S/c1-10-7-15(25-3)16(9-14(10)24-2)27(22,23)26-18-13(20)8-12(19)11-5-4-6-21-17(11)18/h4-9H,1-3H3. The highest BCUT2D eigenvalue weighted by molar-refractivity contribution is 9.11. The Bertz CT molecular complexity index is 1130. The zero-order valence-corrected chi connectivity index (χ0v) is 18.6. The van der Waals surface area contributed by atoms with E-state index in [0.29, 0.717) is 15.7 Å². The Hall–Kier alpha value is -1.84. The first kappa shape index (κ1) is 19.9. The normalized spacial score (nSPS) is 11.4. The molecule has 0 aliphatic carbocycles. The van der Waals surface area contributed by atoms with Crippen LogP contribution in [0.3, 0.4) is 0 Å². The van der Waals surface area contributed by atoms with Crippen LogP contribution in [-0.4, -0.2) is 27.6 Å². The molecule has 0 saturated carbocycles. The van der Waals surface area contributed by atoms with Crippen LogP contribution in [0.15, 0.2) is 50.4 Å². The SMILES string of the molecule is COc1cc(S(=O)(=O)Oc2c(Br)cc(Br)c3cccnc23)c(OC)cc1C. The summed E-state index contributed by atoms with van der Waals surface area (Å²) in [6.07, 6.45) is 1.57. The van der Waals surface area contributed by atoms with E-state index in [-0.39, 0.29) is 16.4 Å². The lowest BCUT2D eigenvalue weighted by atomic mass is 10.2. The number of aromatic nitrogens is 1. The van der Waals surface area contributed by atoms with Crippen molar-refractivity contribution in [1.82, 2.24) is 4.98 Å². The molecule has 1 heterocycles. The minimum Gasteiger partial charge on any atom is -0.496 e. The van der Waals surface area contributed by atoms with E-state index in [2.05, 4.69) is 36.8 Å². The van der Waals surface area contributed by atoms with Crippen LogP contribution in [0.25, 0.3) is 10.9 Å². The van der Waals surface area contributed by atoms with E-state index >= 15 is 0 Å². The van der Waals surface area contributed by atoms with Gasteiger partial charge in [-0.3, -0.25) is 4.98 Å². The summed E-state index contributed by atoms with van der Waals surface area (Å²) in [5.41, 5.74) is 1.14. The van der Waals surface area contributed by atoms with Crippen LogP contribution in [0.5, 0.6) is 17.2 Å². The predicted octanol–water partition coefficient (Wildman–Crippen LogP) is 4.85. The molecule has 9 heteroatoms. The Morgan fingerprint density at radius 3 is 2.37 bits per heavy atom. The summed E-state index contributed by atoms with van der Waals surface area (Å²) in [5, 5.41) is 0.722. The summed E-state index contributed by atoms with van der Waals surface area (Å²) < 4.78 is 43.2. The third-order valence-corrected chi connectivity index (χ3v) is 6.38. The van der Waals surface area contributed by atoms with Gasteiger partial charge in [-0.1, -0.05) is 22.0 Å². The van der Waals surface area contributed by atoms with Gasteiger partial charge in [-0.25, -0.2) is 0 Å². The quantitative estimate of drug-likeness (QED) is 0.451. The lowest BCUT2D eigenvalue weighted by Crippen LogP contribution is -2.12. The molecule has 0 aliphatic rings. The highest BCUT2D eigenvalue weighted by atomic mass is 79.9. The van der Waals surface area contributed by atoms with Gasteiger partial charge in [0.1, 0.15) is 17.0 Å². The van der Waals surface area contributed by atoms with Crippen molar-refractivity contribution in [3.63, 3.8) is 0 Å². The van der Waals surface area contributed by atoms with Gasteiger partial charge in [0.2, 0.25) is 0 Å². The summed E-state index contributed by atoms with van der Waals surface area (Å²) in [6.45, 7) is 1.79. The van der Waals surface area contributed by atoms with E-state index in [1.54, 1.807) is 31.3 Å². The third kappa shape index (κ3) is 3.76. The van der Waals surface area contributed by atoms with E-state index in [0.717, 1.165) is 15.4 Å². The number of halogens is 2. The molecule has 3 aromatic rings. The number of aryl methyl sites for hydroxylation is 1. The highest BCUT2D eigenvalue weighted by Gasteiger charge is 2.26. The van der Waals surface area contributed by atoms with Gasteiger partial charge in [-0.05, 0) is 46.6 Å². The molecular formula is C18H15Br2NO5S. The van der Waals surface area contributed by atoms with E-state index in [1.807, 2.05) is 6.07 Å². The third-order valence-electron chi connectivity index (χ3n) is 3.89. The molecule has 142 valence electrons. The van der Waals surface area contributed by atoms with Gasteiger partial charge in [0.15, 0.2) is 10.6 Å². The number of hydrogen-bond acceptors (Lipinski definition) is 6. The Balaban J connectivity index is 2.18. The summed E-state index contributed by atoms with van der Waals surface area (Å²) >= 11 is 6.80. The van der Waals surface area contributed by atoms with E-state index in [9.17, 15) is 8.42 Å². The zero-order chi connectivity index (χ0) is 19.8. The van der Waals surface area contributed by atoms with Crippen molar-refractivity contribution in [3.05, 3.63) is 51.0 Å². The van der Waals surface area contributed by atoms with Crippen LogP contribution in [0.4, 0.5) is 0 Å². The number of rotatable bonds is 5. The molecule has 0 radical (unpaired) electrons. The second-order valence-electron chi connectivity index (χ2n) is 5.58. The summed E-state index contributed by atoms with van der Waals surface area (Å²) in [6, 6.07) is 8.25. The van der Waals surface area contributed by atoms with Crippen LogP contribution in [-0.2, 0) is 10.1 Å². The van der Waals surface area contributed by atoms with Crippen molar-refractivity contribution < 1.29 is 22.1 Å². The molecule has 3 rings (SSSR count). The van der Waals surface area contributed by atoms with Crippen molar-refractivity contribution in [1.29, 1.82) is 0 Å². The highest BCUT2D eigenvalue weighted by Crippen LogP contribution is 2.40. The van der Waals surface area contributed by atoms with Crippen molar-refractivity contribution >= 4 is 52.9 Å². The Labute approximate surface area is 173 Å². The van der Waals surface area contributed by atoms with Crippen LogP contribution < -0.4 is 13.7 Å². The number of hydrogen-bond donors (Lipinski definition) is 0. The van der Waals surface area contributed by atoms with E-state index in [4.69, 9.17) is 13.7 Å².